The van der Waals surface area contributed by atoms with E-state index in [4.69, 9.17) is 4.42 Å². The Bertz CT molecular complexity index is 492. The number of hydrogen-bond donors (Lipinski definition) is 1. The van der Waals surface area contributed by atoms with Crippen molar-refractivity contribution in [1.82, 2.24) is 5.32 Å². The van der Waals surface area contributed by atoms with Crippen molar-refractivity contribution in [1.29, 1.82) is 0 Å². The largest absolute Gasteiger partial charge is 0.468 e. The summed E-state index contributed by atoms with van der Waals surface area (Å²) in [5.74, 6) is 1.01. The first kappa shape index (κ1) is 12.4. The Morgan fingerprint density at radius 3 is 2.82 bits per heavy atom. The smallest absolute Gasteiger partial charge is 0.120 e. The van der Waals surface area contributed by atoms with E-state index in [0.717, 1.165) is 16.8 Å². The fraction of sp³-hybridized carbons (Fsp3) is 0.286. The van der Waals surface area contributed by atoms with Crippen molar-refractivity contribution < 1.29 is 4.42 Å². The van der Waals surface area contributed by atoms with Gasteiger partial charge in [-0.3, -0.25) is 0 Å². The van der Waals surface area contributed by atoms with Crippen LogP contribution in [0, 0.1) is 6.92 Å². The third-order valence-electron chi connectivity index (χ3n) is 2.89. The number of halogens is 1. The van der Waals surface area contributed by atoms with Crippen LogP contribution in [0.1, 0.15) is 29.9 Å². The van der Waals surface area contributed by atoms with E-state index in [1.807, 2.05) is 12.1 Å². The van der Waals surface area contributed by atoms with Gasteiger partial charge in [-0.2, -0.15) is 0 Å². The molecule has 17 heavy (non-hydrogen) atoms. The molecule has 3 heteroatoms. The van der Waals surface area contributed by atoms with Crippen LogP contribution in [0.4, 0.5) is 0 Å². The highest BCUT2D eigenvalue weighted by molar-refractivity contribution is 9.10. The maximum atomic E-state index is 5.40. The fourth-order valence-corrected chi connectivity index (χ4v) is 2.14. The van der Waals surface area contributed by atoms with Gasteiger partial charge in [0.25, 0.3) is 0 Å². The molecular weight excluding hydrogens is 278 g/mol. The highest BCUT2D eigenvalue weighted by atomic mass is 79.9. The Morgan fingerprint density at radius 2 is 2.18 bits per heavy atom. The number of nitrogens with one attached hydrogen (secondary N) is 1. The van der Waals surface area contributed by atoms with Crippen molar-refractivity contribution in [2.45, 2.75) is 26.4 Å². The summed E-state index contributed by atoms with van der Waals surface area (Å²) in [6.45, 7) is 4.97. The van der Waals surface area contributed by atoms with E-state index in [-0.39, 0.29) is 0 Å². The van der Waals surface area contributed by atoms with E-state index in [1.165, 1.54) is 11.1 Å². The SMILES string of the molecule is Cc1ccoc1CN[C@H](C)c1cccc(Br)c1. The zero-order chi connectivity index (χ0) is 12.3. The quantitative estimate of drug-likeness (QED) is 0.914. The molecule has 1 heterocycles. The first-order valence-electron chi connectivity index (χ1n) is 5.68. The van der Waals surface area contributed by atoms with Crippen LogP contribution >= 0.6 is 15.9 Å². The van der Waals surface area contributed by atoms with E-state index in [2.05, 4.69) is 53.3 Å². The number of hydrogen-bond acceptors (Lipinski definition) is 2. The lowest BCUT2D eigenvalue weighted by atomic mass is 10.1. The van der Waals surface area contributed by atoms with Gasteiger partial charge < -0.3 is 9.73 Å². The average molecular weight is 294 g/mol. The van der Waals surface area contributed by atoms with Crippen molar-refractivity contribution in [2.75, 3.05) is 0 Å². The zero-order valence-corrected chi connectivity index (χ0v) is 11.6. The second-order valence-corrected chi connectivity index (χ2v) is 5.10. The Kier molecular flexibility index (Phi) is 4.02. The molecule has 1 atom stereocenters. The van der Waals surface area contributed by atoms with Crippen LogP contribution in [0.15, 0.2) is 45.5 Å². The lowest BCUT2D eigenvalue weighted by molar-refractivity contribution is 0.458. The Balaban J connectivity index is 1.98. The summed E-state index contributed by atoms with van der Waals surface area (Å²) in [4.78, 5) is 0. The molecule has 0 spiro atoms. The normalized spacial score (nSPS) is 12.6. The molecule has 0 aliphatic carbocycles. The van der Waals surface area contributed by atoms with E-state index >= 15 is 0 Å². The lowest BCUT2D eigenvalue weighted by Crippen LogP contribution is -2.18. The molecule has 0 saturated carbocycles. The van der Waals surface area contributed by atoms with Crippen LogP contribution in [0.2, 0.25) is 0 Å². The van der Waals surface area contributed by atoms with Gasteiger partial charge in [0.1, 0.15) is 5.76 Å². The van der Waals surface area contributed by atoms with Crippen LogP contribution in [-0.2, 0) is 6.54 Å². The van der Waals surface area contributed by atoms with Crippen molar-refractivity contribution >= 4 is 15.9 Å². The Morgan fingerprint density at radius 1 is 1.35 bits per heavy atom. The third-order valence-corrected chi connectivity index (χ3v) is 3.38. The van der Waals surface area contributed by atoms with Crippen LogP contribution in [0.5, 0.6) is 0 Å². The monoisotopic (exact) mass is 293 g/mol. The summed E-state index contributed by atoms with van der Waals surface area (Å²) in [5, 5.41) is 3.45. The summed E-state index contributed by atoms with van der Waals surface area (Å²) < 4.78 is 6.51. The third kappa shape index (κ3) is 3.20. The number of furan rings is 1. The lowest BCUT2D eigenvalue weighted by Gasteiger charge is -2.13. The van der Waals surface area contributed by atoms with Gasteiger partial charge in [-0.1, -0.05) is 28.1 Å². The molecule has 1 aromatic carbocycles. The molecule has 0 amide bonds. The van der Waals surface area contributed by atoms with Crippen LogP contribution < -0.4 is 5.32 Å². The van der Waals surface area contributed by atoms with Crippen molar-refractivity contribution in [2.24, 2.45) is 0 Å². The first-order valence-corrected chi connectivity index (χ1v) is 6.48. The van der Waals surface area contributed by atoms with E-state index in [9.17, 15) is 0 Å². The molecule has 1 N–H and O–H groups in total. The van der Waals surface area contributed by atoms with E-state index in [1.54, 1.807) is 6.26 Å². The molecule has 2 aromatic rings. The minimum absolute atomic E-state index is 0.303. The summed E-state index contributed by atoms with van der Waals surface area (Å²) >= 11 is 3.49. The fourth-order valence-electron chi connectivity index (χ4n) is 1.72. The predicted molar refractivity (Wildman–Crippen MR) is 72.8 cm³/mol. The minimum atomic E-state index is 0.303. The molecular formula is C14H16BrNO. The highest BCUT2D eigenvalue weighted by Gasteiger charge is 2.07. The molecule has 2 rings (SSSR count). The van der Waals surface area contributed by atoms with Gasteiger partial charge >= 0.3 is 0 Å². The van der Waals surface area contributed by atoms with Crippen LogP contribution in [0.3, 0.4) is 0 Å². The zero-order valence-electron chi connectivity index (χ0n) is 10.0. The second kappa shape index (κ2) is 5.52. The molecule has 0 saturated heterocycles. The van der Waals surface area contributed by atoms with Gasteiger partial charge in [0.15, 0.2) is 0 Å². The number of aryl methyl sites for hydroxylation is 1. The maximum absolute atomic E-state index is 5.40. The molecule has 2 nitrogen and oxygen atoms in total. The topological polar surface area (TPSA) is 25.2 Å². The standard InChI is InChI=1S/C14H16BrNO/c1-10-6-7-17-14(10)9-16-11(2)12-4-3-5-13(15)8-12/h3-8,11,16H,9H2,1-2H3/t11-/m1/s1. The summed E-state index contributed by atoms with van der Waals surface area (Å²) in [6, 6.07) is 10.6. The Hall–Kier alpha value is -1.06. The van der Waals surface area contributed by atoms with E-state index < -0.39 is 0 Å². The van der Waals surface area contributed by atoms with Crippen molar-refractivity contribution in [3.05, 3.63) is 58.0 Å². The highest BCUT2D eigenvalue weighted by Crippen LogP contribution is 2.18. The average Bonchev–Trinajstić information content (AvgIpc) is 2.72. The molecule has 0 unspecified atom stereocenters. The molecule has 1 aromatic heterocycles. The van der Waals surface area contributed by atoms with Crippen molar-refractivity contribution in [3.8, 4) is 0 Å². The molecule has 0 aliphatic heterocycles. The molecule has 0 aliphatic rings. The summed E-state index contributed by atoms with van der Waals surface area (Å²) in [6.07, 6.45) is 1.73. The molecule has 0 bridgehead atoms. The van der Waals surface area contributed by atoms with E-state index in [0.29, 0.717) is 6.04 Å². The molecule has 90 valence electrons. The van der Waals surface area contributed by atoms with Crippen LogP contribution in [-0.4, -0.2) is 0 Å². The maximum Gasteiger partial charge on any atom is 0.120 e. The first-order chi connectivity index (χ1) is 8.16. The summed E-state index contributed by atoms with van der Waals surface area (Å²) in [7, 11) is 0. The minimum Gasteiger partial charge on any atom is -0.468 e. The van der Waals surface area contributed by atoms with Gasteiger partial charge in [0.05, 0.1) is 12.8 Å². The van der Waals surface area contributed by atoms with Gasteiger partial charge in [-0.25, -0.2) is 0 Å². The van der Waals surface area contributed by atoms with Gasteiger partial charge in [0.2, 0.25) is 0 Å². The predicted octanol–water partition coefficient (Wildman–Crippen LogP) is 4.20. The molecule has 0 radical (unpaired) electrons. The molecule has 0 fully saturated rings. The second-order valence-electron chi connectivity index (χ2n) is 4.18. The Labute approximate surface area is 110 Å². The van der Waals surface area contributed by atoms with Gasteiger partial charge in [-0.05, 0) is 43.2 Å². The van der Waals surface area contributed by atoms with Crippen LogP contribution in [0.25, 0.3) is 0 Å². The van der Waals surface area contributed by atoms with Crippen molar-refractivity contribution in [3.63, 3.8) is 0 Å². The van der Waals surface area contributed by atoms with Gasteiger partial charge in [0, 0.05) is 10.5 Å². The number of benzene rings is 1. The number of rotatable bonds is 4. The van der Waals surface area contributed by atoms with Gasteiger partial charge in [-0.15, -0.1) is 0 Å². The summed E-state index contributed by atoms with van der Waals surface area (Å²) in [5.41, 5.74) is 2.46.